The third-order valence-electron chi connectivity index (χ3n) is 4.64. The van der Waals surface area contributed by atoms with Crippen LogP contribution in [0.1, 0.15) is 15.9 Å². The van der Waals surface area contributed by atoms with Gasteiger partial charge in [0.05, 0.1) is 18.4 Å². The van der Waals surface area contributed by atoms with Crippen LogP contribution in [0.25, 0.3) is 16.0 Å². The highest BCUT2D eigenvalue weighted by molar-refractivity contribution is 7.99. The first-order valence-electron chi connectivity index (χ1n) is 9.69. The van der Waals surface area contributed by atoms with E-state index in [0.717, 1.165) is 23.0 Å². The lowest BCUT2D eigenvalue weighted by molar-refractivity contribution is -0.113. The van der Waals surface area contributed by atoms with Crippen molar-refractivity contribution in [3.05, 3.63) is 74.0 Å². The molecule has 0 bridgehead atoms. The predicted octanol–water partition coefficient (Wildman–Crippen LogP) is 4.33. The van der Waals surface area contributed by atoms with Gasteiger partial charge in [0.2, 0.25) is 5.91 Å². The minimum absolute atomic E-state index is 0.0304. The van der Waals surface area contributed by atoms with E-state index in [1.54, 1.807) is 28.8 Å². The molecule has 0 radical (unpaired) electrons. The largest absolute Gasteiger partial charge is 0.465 e. The molecule has 2 aromatic heterocycles. The molecule has 0 saturated heterocycles. The topological polar surface area (TPSA) is 106 Å². The van der Waals surface area contributed by atoms with E-state index in [2.05, 4.69) is 20.0 Å². The average Bonchev–Trinajstić information content (AvgIpc) is 3.14. The number of aryl methyl sites for hydroxylation is 1. The first-order valence-corrected chi connectivity index (χ1v) is 11.9. The number of aromatic nitrogens is 3. The average molecular weight is 499 g/mol. The van der Waals surface area contributed by atoms with Gasteiger partial charge in [-0.2, -0.15) is 0 Å². The van der Waals surface area contributed by atoms with Crippen molar-refractivity contribution < 1.29 is 14.3 Å². The lowest BCUT2D eigenvalue weighted by atomic mass is 10.2. The molecular weight excluding hydrogens is 480 g/mol. The Bertz CT molecular complexity index is 1450. The Labute approximate surface area is 201 Å². The third-order valence-corrected chi connectivity index (χ3v) is 6.88. The Balaban J connectivity index is 1.52. The van der Waals surface area contributed by atoms with Crippen molar-refractivity contribution in [2.75, 3.05) is 18.2 Å². The number of H-pyrrole nitrogens is 1. The fourth-order valence-electron chi connectivity index (χ4n) is 3.02. The summed E-state index contributed by atoms with van der Waals surface area (Å²) in [7, 11) is 1.30. The number of amides is 1. The minimum atomic E-state index is -0.451. The zero-order valence-corrected chi connectivity index (χ0v) is 20.0. The van der Waals surface area contributed by atoms with Crippen LogP contribution in [0.15, 0.2) is 58.5 Å². The maximum absolute atomic E-state index is 12.6. The van der Waals surface area contributed by atoms with E-state index >= 15 is 0 Å². The van der Waals surface area contributed by atoms with Crippen LogP contribution in [0.4, 0.5) is 5.69 Å². The van der Waals surface area contributed by atoms with E-state index < -0.39 is 5.97 Å². The van der Waals surface area contributed by atoms with Crippen LogP contribution >= 0.6 is 35.3 Å². The molecular formula is C22H18N4O4S3. The zero-order valence-electron chi connectivity index (χ0n) is 17.6. The molecule has 8 nitrogen and oxygen atoms in total. The number of methoxy groups -OCH3 is 1. The number of thiazole rings is 1. The van der Waals surface area contributed by atoms with Gasteiger partial charge >= 0.3 is 5.97 Å². The predicted molar refractivity (Wildman–Crippen MR) is 132 cm³/mol. The van der Waals surface area contributed by atoms with Crippen LogP contribution in [-0.4, -0.2) is 39.3 Å². The van der Waals surface area contributed by atoms with Crippen molar-refractivity contribution in [2.24, 2.45) is 0 Å². The molecule has 11 heteroatoms. The van der Waals surface area contributed by atoms with Gasteiger partial charge in [-0.3, -0.25) is 14.2 Å². The summed E-state index contributed by atoms with van der Waals surface area (Å²) in [6.45, 7) is 1.99. The molecule has 2 N–H and O–H groups in total. The lowest BCUT2D eigenvalue weighted by Gasteiger charge is -2.07. The molecule has 0 aliphatic rings. The van der Waals surface area contributed by atoms with Gasteiger partial charge in [-0.15, -0.1) is 0 Å². The summed E-state index contributed by atoms with van der Waals surface area (Å²) in [5.74, 6) is -0.704. The van der Waals surface area contributed by atoms with Crippen molar-refractivity contribution in [3.8, 4) is 5.69 Å². The number of nitrogens with zero attached hydrogens (tertiary/aromatic N) is 2. The second kappa shape index (κ2) is 9.69. The van der Waals surface area contributed by atoms with E-state index in [9.17, 15) is 14.4 Å². The summed E-state index contributed by atoms with van der Waals surface area (Å²) in [6, 6.07) is 14.1. The molecule has 0 atom stereocenters. The Morgan fingerprint density at radius 2 is 1.88 bits per heavy atom. The van der Waals surface area contributed by atoms with E-state index in [0.29, 0.717) is 30.7 Å². The number of carbonyl (C=O) groups is 2. The number of hydrogen-bond acceptors (Lipinski definition) is 8. The smallest absolute Gasteiger partial charge is 0.337 e. The van der Waals surface area contributed by atoms with Crippen molar-refractivity contribution in [1.29, 1.82) is 0 Å². The summed E-state index contributed by atoms with van der Waals surface area (Å²) in [6.07, 6.45) is 0. The third kappa shape index (κ3) is 5.05. The summed E-state index contributed by atoms with van der Waals surface area (Å²) >= 11 is 7.77. The number of esters is 1. The Kier molecular flexibility index (Phi) is 6.72. The van der Waals surface area contributed by atoms with Crippen molar-refractivity contribution in [1.82, 2.24) is 14.5 Å². The van der Waals surface area contributed by atoms with Crippen LogP contribution in [0.2, 0.25) is 0 Å². The van der Waals surface area contributed by atoms with Gasteiger partial charge in [0.1, 0.15) is 4.70 Å². The van der Waals surface area contributed by atoms with E-state index in [-0.39, 0.29) is 17.2 Å². The first-order chi connectivity index (χ1) is 15.9. The molecule has 2 heterocycles. The first kappa shape index (κ1) is 22.9. The Hall–Kier alpha value is -3.28. The van der Waals surface area contributed by atoms with Crippen molar-refractivity contribution in [3.63, 3.8) is 0 Å². The highest BCUT2D eigenvalue weighted by Crippen LogP contribution is 2.25. The molecule has 0 saturated carbocycles. The van der Waals surface area contributed by atoms with Gasteiger partial charge in [-0.05, 0) is 55.5 Å². The molecule has 4 aromatic rings. The Morgan fingerprint density at radius 3 is 2.55 bits per heavy atom. The number of benzene rings is 2. The Morgan fingerprint density at radius 1 is 1.18 bits per heavy atom. The van der Waals surface area contributed by atoms with Gasteiger partial charge in [-0.1, -0.05) is 40.8 Å². The molecule has 0 fully saturated rings. The van der Waals surface area contributed by atoms with Crippen LogP contribution in [0, 0.1) is 10.9 Å². The van der Waals surface area contributed by atoms with Crippen LogP contribution in [0.3, 0.4) is 0 Å². The number of carbonyl (C=O) groups excluding carboxylic acids is 2. The summed E-state index contributed by atoms with van der Waals surface area (Å²) in [4.78, 5) is 43.7. The van der Waals surface area contributed by atoms with Crippen LogP contribution < -0.4 is 10.9 Å². The van der Waals surface area contributed by atoms with Gasteiger partial charge < -0.3 is 15.0 Å². The second-order valence-corrected chi connectivity index (χ2v) is 9.58. The molecule has 0 aliphatic carbocycles. The molecule has 2 aromatic carbocycles. The van der Waals surface area contributed by atoms with E-state index in [4.69, 9.17) is 12.2 Å². The van der Waals surface area contributed by atoms with E-state index in [1.165, 1.54) is 18.4 Å². The monoisotopic (exact) mass is 498 g/mol. The van der Waals surface area contributed by atoms with Crippen LogP contribution in [0.5, 0.6) is 0 Å². The molecule has 4 rings (SSSR count). The van der Waals surface area contributed by atoms with E-state index in [1.807, 2.05) is 31.2 Å². The normalized spacial score (nSPS) is 10.8. The number of anilines is 1. The number of hydrogen-bond donors (Lipinski definition) is 2. The van der Waals surface area contributed by atoms with Gasteiger partial charge in [0, 0.05) is 11.4 Å². The lowest BCUT2D eigenvalue weighted by Crippen LogP contribution is -2.15. The van der Waals surface area contributed by atoms with Gasteiger partial charge in [0.15, 0.2) is 14.8 Å². The molecule has 0 unspecified atom stereocenters. The maximum Gasteiger partial charge on any atom is 0.337 e. The van der Waals surface area contributed by atoms with Gasteiger partial charge in [0.25, 0.3) is 5.56 Å². The second-order valence-electron chi connectivity index (χ2n) is 6.97. The minimum Gasteiger partial charge on any atom is -0.465 e. The standard InChI is InChI=1S/C22H18N4O4S3/c1-12-3-9-15(10-4-12)26-18-17(33-22(26)31)19(28)25-21(24-18)32-11-16(27)23-14-7-5-13(6-8-14)20(29)30-2/h3-10H,11H2,1-2H3,(H,23,27)(H,24,25,28). The number of ether oxygens (including phenoxy) is 1. The number of fused-ring (bicyclic) bond motifs is 1. The zero-order chi connectivity index (χ0) is 23.5. The fraction of sp³-hybridized carbons (Fsp3) is 0.136. The number of rotatable bonds is 6. The quantitative estimate of drug-likeness (QED) is 0.176. The highest BCUT2D eigenvalue weighted by Gasteiger charge is 2.15. The molecule has 1 amide bonds. The van der Waals surface area contributed by atoms with Crippen molar-refractivity contribution in [2.45, 2.75) is 12.1 Å². The SMILES string of the molecule is COC(=O)c1ccc(NC(=O)CSc2nc3c(sc(=S)n3-c3ccc(C)cc3)c(=O)[nH]2)cc1. The maximum atomic E-state index is 12.6. The summed E-state index contributed by atoms with van der Waals surface area (Å²) < 4.78 is 7.36. The van der Waals surface area contributed by atoms with Crippen LogP contribution in [-0.2, 0) is 9.53 Å². The fourth-order valence-corrected chi connectivity index (χ4v) is 4.95. The molecule has 0 aliphatic heterocycles. The molecule has 0 spiro atoms. The molecule has 168 valence electrons. The summed E-state index contributed by atoms with van der Waals surface area (Å²) in [5, 5.41) is 3.06. The number of nitrogens with one attached hydrogen (secondary N) is 2. The number of thioether (sulfide) groups is 1. The molecule has 33 heavy (non-hydrogen) atoms. The number of aromatic amines is 1. The highest BCUT2D eigenvalue weighted by atomic mass is 32.2. The van der Waals surface area contributed by atoms with Crippen molar-refractivity contribution >= 4 is 63.2 Å². The van der Waals surface area contributed by atoms with Gasteiger partial charge in [-0.25, -0.2) is 9.78 Å². The summed E-state index contributed by atoms with van der Waals surface area (Å²) in [5.41, 5.74) is 3.01.